The molecule has 0 aliphatic rings. The van der Waals surface area contributed by atoms with Crippen LogP contribution in [0.4, 0.5) is 18.9 Å². The molecule has 0 bridgehead atoms. The van der Waals surface area contributed by atoms with Gasteiger partial charge in [-0.2, -0.15) is 13.2 Å². The lowest BCUT2D eigenvalue weighted by Gasteiger charge is -2.27. The van der Waals surface area contributed by atoms with Crippen molar-refractivity contribution in [1.82, 2.24) is 0 Å². The second-order valence-electron chi connectivity index (χ2n) is 4.38. The van der Waals surface area contributed by atoms with Crippen molar-refractivity contribution in [3.05, 3.63) is 34.9 Å². The van der Waals surface area contributed by atoms with E-state index in [1.165, 1.54) is 24.3 Å². The van der Waals surface area contributed by atoms with Crippen LogP contribution in [0.25, 0.3) is 6.08 Å². The van der Waals surface area contributed by atoms with E-state index in [0.717, 1.165) is 11.0 Å². The molecule has 0 atom stereocenters. The quantitative estimate of drug-likeness (QED) is 0.798. The highest BCUT2D eigenvalue weighted by molar-refractivity contribution is 6.32. The van der Waals surface area contributed by atoms with Crippen LogP contribution in [0.3, 0.4) is 0 Å². The first-order chi connectivity index (χ1) is 9.74. The summed E-state index contributed by atoms with van der Waals surface area (Å²) in [6, 6.07) is 4.54. The molecule has 0 aliphatic heterocycles. The predicted octanol–water partition coefficient (Wildman–Crippen LogP) is 4.22. The highest BCUT2D eigenvalue weighted by Gasteiger charge is 2.31. The first-order valence-electron chi connectivity index (χ1n) is 6.26. The van der Waals surface area contributed by atoms with Crippen LogP contribution in [0, 0.1) is 0 Å². The SMILES string of the molecule is CCCN(CC(F)(F)F)c1cccc(Cl)c1C=CC(=O)O. The summed E-state index contributed by atoms with van der Waals surface area (Å²) in [5.41, 5.74) is 0.526. The van der Waals surface area contributed by atoms with Gasteiger partial charge in [-0.3, -0.25) is 0 Å². The minimum Gasteiger partial charge on any atom is -0.478 e. The number of carbonyl (C=O) groups is 1. The summed E-state index contributed by atoms with van der Waals surface area (Å²) < 4.78 is 38.0. The number of rotatable bonds is 6. The molecular formula is C14H15ClF3NO2. The number of alkyl halides is 3. The van der Waals surface area contributed by atoms with Crippen molar-refractivity contribution in [1.29, 1.82) is 0 Å². The molecule has 0 fully saturated rings. The largest absolute Gasteiger partial charge is 0.478 e. The molecule has 1 N–H and O–H groups in total. The topological polar surface area (TPSA) is 40.5 Å². The summed E-state index contributed by atoms with van der Waals surface area (Å²) in [4.78, 5) is 11.7. The lowest BCUT2D eigenvalue weighted by molar-refractivity contribution is -0.131. The summed E-state index contributed by atoms with van der Waals surface area (Å²) in [7, 11) is 0. The Balaban J connectivity index is 3.24. The van der Waals surface area contributed by atoms with E-state index in [2.05, 4.69) is 0 Å². The van der Waals surface area contributed by atoms with Gasteiger partial charge in [0, 0.05) is 28.9 Å². The van der Waals surface area contributed by atoms with E-state index in [-0.39, 0.29) is 22.8 Å². The molecule has 0 spiro atoms. The Morgan fingerprint density at radius 1 is 1.43 bits per heavy atom. The third kappa shape index (κ3) is 5.67. The fourth-order valence-electron chi connectivity index (χ4n) is 1.89. The molecule has 116 valence electrons. The van der Waals surface area contributed by atoms with E-state index in [1.54, 1.807) is 6.92 Å². The Bertz CT molecular complexity index is 529. The highest BCUT2D eigenvalue weighted by Crippen LogP contribution is 2.31. The van der Waals surface area contributed by atoms with Gasteiger partial charge < -0.3 is 10.0 Å². The van der Waals surface area contributed by atoms with E-state index >= 15 is 0 Å². The minimum atomic E-state index is -4.36. The van der Waals surface area contributed by atoms with E-state index in [1.807, 2.05) is 0 Å². The molecule has 0 aromatic heterocycles. The molecule has 1 aromatic carbocycles. The zero-order valence-corrected chi connectivity index (χ0v) is 12.1. The molecule has 21 heavy (non-hydrogen) atoms. The van der Waals surface area contributed by atoms with Crippen LogP contribution in [-0.4, -0.2) is 30.3 Å². The fourth-order valence-corrected chi connectivity index (χ4v) is 2.12. The Labute approximate surface area is 125 Å². The zero-order valence-electron chi connectivity index (χ0n) is 11.3. The lowest BCUT2D eigenvalue weighted by Crippen LogP contribution is -2.35. The summed E-state index contributed by atoms with van der Waals surface area (Å²) in [5, 5.41) is 8.86. The maximum Gasteiger partial charge on any atom is 0.405 e. The van der Waals surface area contributed by atoms with Crippen molar-refractivity contribution in [3.63, 3.8) is 0 Å². The molecule has 0 heterocycles. The van der Waals surface area contributed by atoms with Crippen molar-refractivity contribution >= 4 is 29.3 Å². The minimum absolute atomic E-state index is 0.188. The van der Waals surface area contributed by atoms with Gasteiger partial charge in [-0.05, 0) is 24.6 Å². The Morgan fingerprint density at radius 3 is 2.62 bits per heavy atom. The molecule has 3 nitrogen and oxygen atoms in total. The molecule has 7 heteroatoms. The monoisotopic (exact) mass is 321 g/mol. The predicted molar refractivity (Wildman–Crippen MR) is 76.7 cm³/mol. The van der Waals surface area contributed by atoms with Crippen LogP contribution >= 0.6 is 11.6 Å². The van der Waals surface area contributed by atoms with Crippen LogP contribution in [-0.2, 0) is 4.79 Å². The third-order valence-corrected chi connectivity index (χ3v) is 2.96. The van der Waals surface area contributed by atoms with Crippen LogP contribution in [0.2, 0.25) is 5.02 Å². The van der Waals surface area contributed by atoms with E-state index in [0.29, 0.717) is 6.42 Å². The van der Waals surface area contributed by atoms with Gasteiger partial charge in [-0.15, -0.1) is 0 Å². The van der Waals surface area contributed by atoms with Crippen molar-refractivity contribution in [2.24, 2.45) is 0 Å². The van der Waals surface area contributed by atoms with Gasteiger partial charge >= 0.3 is 12.1 Å². The van der Waals surface area contributed by atoms with E-state index in [9.17, 15) is 18.0 Å². The maximum absolute atomic E-state index is 12.7. The molecule has 0 unspecified atom stereocenters. The van der Waals surface area contributed by atoms with E-state index < -0.39 is 18.7 Å². The molecule has 1 rings (SSSR count). The summed E-state index contributed by atoms with van der Waals surface area (Å²) in [5.74, 6) is -1.20. The number of hydrogen-bond donors (Lipinski definition) is 1. The van der Waals surface area contributed by atoms with Crippen molar-refractivity contribution in [2.75, 3.05) is 18.0 Å². The van der Waals surface area contributed by atoms with Gasteiger partial charge in [0.05, 0.1) is 0 Å². The van der Waals surface area contributed by atoms with Gasteiger partial charge in [0.2, 0.25) is 0 Å². The van der Waals surface area contributed by atoms with Crippen LogP contribution in [0.1, 0.15) is 18.9 Å². The molecule has 0 saturated heterocycles. The number of carboxylic acids is 1. The van der Waals surface area contributed by atoms with Gasteiger partial charge in [0.15, 0.2) is 0 Å². The number of aliphatic carboxylic acids is 1. The molecule has 1 aromatic rings. The second kappa shape index (κ2) is 7.36. The summed E-state index contributed by atoms with van der Waals surface area (Å²) >= 11 is 5.98. The third-order valence-electron chi connectivity index (χ3n) is 2.63. The number of nitrogens with zero attached hydrogens (tertiary/aromatic N) is 1. The van der Waals surface area contributed by atoms with Gasteiger partial charge in [0.1, 0.15) is 6.54 Å². The van der Waals surface area contributed by atoms with Gasteiger partial charge in [-0.25, -0.2) is 4.79 Å². The van der Waals surface area contributed by atoms with Crippen LogP contribution in [0.5, 0.6) is 0 Å². The number of hydrogen-bond acceptors (Lipinski definition) is 2. The molecule has 0 radical (unpaired) electrons. The molecule has 0 saturated carbocycles. The maximum atomic E-state index is 12.7. The lowest BCUT2D eigenvalue weighted by atomic mass is 10.1. The molecule has 0 amide bonds. The standard InChI is InChI=1S/C14H15ClF3NO2/c1-2-8-19(9-14(16,17)18)12-5-3-4-11(15)10(12)6-7-13(20)21/h3-7H,2,8-9H2,1H3,(H,20,21). The number of benzene rings is 1. The average molecular weight is 322 g/mol. The number of halogens is 4. The molecule has 0 aliphatic carbocycles. The highest BCUT2D eigenvalue weighted by atomic mass is 35.5. The fraction of sp³-hybridized carbons (Fsp3) is 0.357. The van der Waals surface area contributed by atoms with Crippen LogP contribution in [0.15, 0.2) is 24.3 Å². The first-order valence-corrected chi connectivity index (χ1v) is 6.63. The van der Waals surface area contributed by atoms with E-state index in [4.69, 9.17) is 16.7 Å². The number of anilines is 1. The molecular weight excluding hydrogens is 307 g/mol. The van der Waals surface area contributed by atoms with Crippen molar-refractivity contribution in [3.8, 4) is 0 Å². The average Bonchev–Trinajstić information content (AvgIpc) is 2.34. The Hall–Kier alpha value is -1.69. The summed E-state index contributed by atoms with van der Waals surface area (Å²) in [6.45, 7) is 0.837. The van der Waals surface area contributed by atoms with Gasteiger partial charge in [-0.1, -0.05) is 24.6 Å². The van der Waals surface area contributed by atoms with Gasteiger partial charge in [0.25, 0.3) is 0 Å². The second-order valence-corrected chi connectivity index (χ2v) is 4.79. The number of carboxylic acid groups (broad SMARTS) is 1. The Morgan fingerprint density at radius 2 is 2.10 bits per heavy atom. The van der Waals surface area contributed by atoms with Crippen molar-refractivity contribution in [2.45, 2.75) is 19.5 Å². The van der Waals surface area contributed by atoms with Crippen molar-refractivity contribution < 1.29 is 23.1 Å². The summed E-state index contributed by atoms with van der Waals surface area (Å²) in [6.07, 6.45) is -1.78. The zero-order chi connectivity index (χ0) is 16.0. The normalized spacial score (nSPS) is 11.9. The first kappa shape index (κ1) is 17.4. The smallest absolute Gasteiger partial charge is 0.405 e. The van der Waals surface area contributed by atoms with Crippen LogP contribution < -0.4 is 4.90 Å². The Kier molecular flexibility index (Phi) is 6.08.